The van der Waals surface area contributed by atoms with Crippen molar-refractivity contribution in [3.63, 3.8) is 0 Å². The molecule has 1 aliphatic rings. The van der Waals surface area contributed by atoms with E-state index in [0.717, 1.165) is 28.6 Å². The Morgan fingerprint density at radius 2 is 1.91 bits per heavy atom. The number of sulfonamides is 1. The number of aromatic nitrogens is 1. The molecule has 0 aliphatic carbocycles. The van der Waals surface area contributed by atoms with Crippen LogP contribution in [0.25, 0.3) is 10.2 Å². The summed E-state index contributed by atoms with van der Waals surface area (Å²) in [6.45, 7) is 7.37. The van der Waals surface area contributed by atoms with Gasteiger partial charge < -0.3 is 4.74 Å². The van der Waals surface area contributed by atoms with E-state index in [-0.39, 0.29) is 16.9 Å². The van der Waals surface area contributed by atoms with Crippen LogP contribution in [0.1, 0.15) is 42.6 Å². The summed E-state index contributed by atoms with van der Waals surface area (Å²) in [7, 11) is -3.60. The van der Waals surface area contributed by atoms with Crippen LogP contribution in [0.2, 0.25) is 5.02 Å². The van der Waals surface area contributed by atoms with Gasteiger partial charge in [0.15, 0.2) is 5.13 Å². The van der Waals surface area contributed by atoms with E-state index in [1.165, 1.54) is 27.8 Å². The summed E-state index contributed by atoms with van der Waals surface area (Å²) in [4.78, 5) is 20.2. The zero-order chi connectivity index (χ0) is 24.5. The minimum Gasteiger partial charge on any atom is -0.376 e. The Bertz CT molecular complexity index is 1280. The highest BCUT2D eigenvalue weighted by atomic mass is 35.5. The quantitative estimate of drug-likeness (QED) is 0.411. The van der Waals surface area contributed by atoms with Crippen LogP contribution in [0, 0.1) is 6.92 Å². The Morgan fingerprint density at radius 3 is 2.53 bits per heavy atom. The third-order valence-corrected chi connectivity index (χ3v) is 9.28. The number of carbonyl (C=O) groups is 1. The lowest BCUT2D eigenvalue weighted by Crippen LogP contribution is -2.37. The molecule has 0 saturated carbocycles. The Morgan fingerprint density at radius 1 is 1.21 bits per heavy atom. The molecule has 0 spiro atoms. The van der Waals surface area contributed by atoms with E-state index in [2.05, 4.69) is 0 Å². The third kappa shape index (κ3) is 4.99. The Hall–Kier alpha value is -2.04. The lowest BCUT2D eigenvalue weighted by atomic mass is 10.2. The standard InChI is InChI=1S/C24H28ClN3O4S2/c1-4-27(5-2)34(30,31)20-10-8-17(9-11-20)23(29)28(15-19-7-6-12-32-19)24-26-22-16(3)13-18(25)14-21(22)33-24/h8-11,13-14,19H,4-7,12,15H2,1-3H3. The summed E-state index contributed by atoms with van der Waals surface area (Å²) in [5.74, 6) is -0.245. The van der Waals surface area contributed by atoms with Gasteiger partial charge in [-0.1, -0.05) is 36.8 Å². The maximum Gasteiger partial charge on any atom is 0.260 e. The molecule has 182 valence electrons. The van der Waals surface area contributed by atoms with E-state index < -0.39 is 10.0 Å². The van der Waals surface area contributed by atoms with Gasteiger partial charge in [0.2, 0.25) is 10.0 Å². The topological polar surface area (TPSA) is 79.8 Å². The van der Waals surface area contributed by atoms with E-state index in [4.69, 9.17) is 21.3 Å². The Balaban J connectivity index is 1.68. The van der Waals surface area contributed by atoms with Crippen molar-refractivity contribution in [1.82, 2.24) is 9.29 Å². The summed E-state index contributed by atoms with van der Waals surface area (Å²) in [6, 6.07) is 9.83. The van der Waals surface area contributed by atoms with E-state index in [0.29, 0.717) is 42.0 Å². The summed E-state index contributed by atoms with van der Waals surface area (Å²) in [5, 5.41) is 1.20. The molecule has 2 aromatic carbocycles. The van der Waals surface area contributed by atoms with E-state index in [1.807, 2.05) is 19.1 Å². The fourth-order valence-corrected chi connectivity index (χ4v) is 7.02. The average Bonchev–Trinajstić information content (AvgIpc) is 3.47. The number of fused-ring (bicyclic) bond motifs is 1. The first-order valence-corrected chi connectivity index (χ1v) is 14.0. The van der Waals surface area contributed by atoms with Gasteiger partial charge in [0.05, 0.1) is 27.8 Å². The molecule has 3 aromatic rings. The molecule has 0 radical (unpaired) electrons. The molecule has 1 aromatic heterocycles. The number of benzene rings is 2. The molecule has 1 unspecified atom stereocenters. The molecule has 7 nitrogen and oxygen atoms in total. The lowest BCUT2D eigenvalue weighted by Gasteiger charge is -2.23. The largest absolute Gasteiger partial charge is 0.376 e. The number of aryl methyl sites for hydroxylation is 1. The van der Waals surface area contributed by atoms with Crippen molar-refractivity contribution in [3.8, 4) is 0 Å². The molecule has 0 N–H and O–H groups in total. The predicted octanol–water partition coefficient (Wildman–Crippen LogP) is 5.11. The number of hydrogen-bond donors (Lipinski definition) is 0. The van der Waals surface area contributed by atoms with Gasteiger partial charge in [-0.25, -0.2) is 13.4 Å². The van der Waals surface area contributed by atoms with Gasteiger partial charge in [-0.2, -0.15) is 4.31 Å². The molecule has 0 bridgehead atoms. The number of carbonyl (C=O) groups excluding carboxylic acids is 1. The normalized spacial score (nSPS) is 16.4. The number of thiazole rings is 1. The number of rotatable bonds is 8. The summed E-state index contributed by atoms with van der Waals surface area (Å²) < 4.78 is 33.7. The third-order valence-electron chi connectivity index (χ3n) is 5.97. The van der Waals surface area contributed by atoms with Gasteiger partial charge in [0.25, 0.3) is 5.91 Å². The average molecular weight is 522 g/mol. The van der Waals surface area contributed by atoms with E-state index >= 15 is 0 Å². The van der Waals surface area contributed by atoms with Crippen molar-refractivity contribution in [2.45, 2.75) is 44.6 Å². The molecule has 34 heavy (non-hydrogen) atoms. The van der Waals surface area contributed by atoms with Gasteiger partial charge in [-0.3, -0.25) is 9.69 Å². The summed E-state index contributed by atoms with van der Waals surface area (Å²) >= 11 is 7.64. The van der Waals surface area contributed by atoms with Crippen molar-refractivity contribution < 1.29 is 17.9 Å². The first-order valence-electron chi connectivity index (χ1n) is 11.3. The molecule has 1 aliphatic heterocycles. The van der Waals surface area contributed by atoms with Crippen LogP contribution in [-0.2, 0) is 14.8 Å². The molecule has 1 amide bonds. The number of anilines is 1. The first-order chi connectivity index (χ1) is 16.2. The number of halogens is 1. The van der Waals surface area contributed by atoms with Crippen LogP contribution in [-0.4, -0.2) is 56.0 Å². The smallest absolute Gasteiger partial charge is 0.260 e. The van der Waals surface area contributed by atoms with Crippen molar-refractivity contribution in [3.05, 3.63) is 52.5 Å². The SMILES string of the molecule is CCN(CC)S(=O)(=O)c1ccc(C(=O)N(CC2CCCO2)c2nc3c(C)cc(Cl)cc3s2)cc1. The maximum atomic E-state index is 13.6. The number of nitrogens with zero attached hydrogens (tertiary/aromatic N) is 3. The van der Waals surface area contributed by atoms with Crippen molar-refractivity contribution in [1.29, 1.82) is 0 Å². The van der Waals surface area contributed by atoms with E-state index in [1.54, 1.807) is 30.9 Å². The monoisotopic (exact) mass is 521 g/mol. The fourth-order valence-electron chi connectivity index (χ4n) is 4.14. The second-order valence-corrected chi connectivity index (χ2v) is 11.6. The Kier molecular flexibility index (Phi) is 7.59. The molecule has 4 rings (SSSR count). The van der Waals surface area contributed by atoms with Crippen LogP contribution in [0.5, 0.6) is 0 Å². The number of amides is 1. The van der Waals surface area contributed by atoms with E-state index in [9.17, 15) is 13.2 Å². The van der Waals surface area contributed by atoms with Gasteiger partial charge in [0.1, 0.15) is 0 Å². The molecule has 2 heterocycles. The van der Waals surface area contributed by atoms with Crippen LogP contribution >= 0.6 is 22.9 Å². The summed E-state index contributed by atoms with van der Waals surface area (Å²) in [6.07, 6.45) is 1.77. The highest BCUT2D eigenvalue weighted by molar-refractivity contribution is 7.89. The molecule has 10 heteroatoms. The van der Waals surface area contributed by atoms with Crippen LogP contribution in [0.15, 0.2) is 41.3 Å². The second-order valence-electron chi connectivity index (χ2n) is 8.23. The minimum absolute atomic E-state index is 0.0667. The highest BCUT2D eigenvalue weighted by Gasteiger charge is 2.28. The zero-order valence-electron chi connectivity index (χ0n) is 19.5. The maximum absolute atomic E-state index is 13.6. The van der Waals surface area contributed by atoms with Crippen LogP contribution in [0.3, 0.4) is 0 Å². The number of ether oxygens (including phenoxy) is 1. The molecule has 1 saturated heterocycles. The van der Waals surface area contributed by atoms with Gasteiger partial charge in [0, 0.05) is 30.3 Å². The molecule has 1 atom stereocenters. The molecular weight excluding hydrogens is 494 g/mol. The number of hydrogen-bond acceptors (Lipinski definition) is 6. The van der Waals surface area contributed by atoms with Crippen LogP contribution in [0.4, 0.5) is 5.13 Å². The first kappa shape index (κ1) is 25.1. The lowest BCUT2D eigenvalue weighted by molar-refractivity contribution is 0.0917. The predicted molar refractivity (Wildman–Crippen MR) is 137 cm³/mol. The Labute approximate surface area is 209 Å². The van der Waals surface area contributed by atoms with Crippen molar-refractivity contribution in [2.24, 2.45) is 0 Å². The zero-order valence-corrected chi connectivity index (χ0v) is 21.8. The van der Waals surface area contributed by atoms with Crippen molar-refractivity contribution >= 4 is 54.2 Å². The van der Waals surface area contributed by atoms with Gasteiger partial charge >= 0.3 is 0 Å². The van der Waals surface area contributed by atoms with Crippen LogP contribution < -0.4 is 4.90 Å². The minimum atomic E-state index is -3.60. The highest BCUT2D eigenvalue weighted by Crippen LogP contribution is 2.34. The van der Waals surface area contributed by atoms with Crippen molar-refractivity contribution in [2.75, 3.05) is 31.1 Å². The molecule has 1 fully saturated rings. The summed E-state index contributed by atoms with van der Waals surface area (Å²) in [5.41, 5.74) is 2.15. The second kappa shape index (κ2) is 10.3. The van der Waals surface area contributed by atoms with Gasteiger partial charge in [-0.15, -0.1) is 0 Å². The fraction of sp³-hybridized carbons (Fsp3) is 0.417. The molecular formula is C24H28ClN3O4S2. The van der Waals surface area contributed by atoms with Gasteiger partial charge in [-0.05, 0) is 61.7 Å².